The molecule has 1 aliphatic heterocycles. The number of sulfonamides is 1. The van der Waals surface area contributed by atoms with Crippen LogP contribution in [0.15, 0.2) is 53.4 Å². The molecule has 1 saturated carbocycles. The van der Waals surface area contributed by atoms with Crippen LogP contribution in [0.4, 0.5) is 0 Å². The average Bonchev–Trinajstić information content (AvgIpc) is 3.55. The van der Waals surface area contributed by atoms with E-state index in [2.05, 4.69) is 17.4 Å². The number of benzene rings is 2. The number of hydrogen-bond acceptors (Lipinski definition) is 3. The van der Waals surface area contributed by atoms with E-state index in [9.17, 15) is 13.2 Å². The molecule has 6 heteroatoms. The Balaban J connectivity index is 1.50. The molecule has 0 aromatic heterocycles. The Kier molecular flexibility index (Phi) is 5.49. The fourth-order valence-corrected chi connectivity index (χ4v) is 5.89. The van der Waals surface area contributed by atoms with E-state index in [1.807, 2.05) is 18.2 Å². The van der Waals surface area contributed by atoms with Crippen molar-refractivity contribution in [3.8, 4) is 0 Å². The van der Waals surface area contributed by atoms with E-state index in [1.54, 1.807) is 23.4 Å². The zero-order valence-electron chi connectivity index (χ0n) is 16.9. The molecule has 1 saturated heterocycles. The molecule has 29 heavy (non-hydrogen) atoms. The van der Waals surface area contributed by atoms with Crippen molar-refractivity contribution in [2.24, 2.45) is 0 Å². The van der Waals surface area contributed by atoms with Gasteiger partial charge >= 0.3 is 0 Å². The Labute approximate surface area is 173 Å². The Bertz CT molecular complexity index is 992. The second-order valence-electron chi connectivity index (χ2n) is 8.27. The molecule has 2 fully saturated rings. The Morgan fingerprint density at radius 1 is 1.03 bits per heavy atom. The maximum absolute atomic E-state index is 13.1. The lowest BCUT2D eigenvalue weighted by Gasteiger charge is -2.26. The van der Waals surface area contributed by atoms with Crippen LogP contribution in [0, 0.1) is 6.92 Å². The van der Waals surface area contributed by atoms with Crippen molar-refractivity contribution >= 4 is 15.9 Å². The number of piperidine rings is 1. The summed E-state index contributed by atoms with van der Waals surface area (Å²) in [6.45, 7) is 3.46. The summed E-state index contributed by atoms with van der Waals surface area (Å²) in [4.78, 5) is 13.0. The van der Waals surface area contributed by atoms with Crippen LogP contribution < -0.4 is 5.32 Å². The van der Waals surface area contributed by atoms with Crippen LogP contribution in [-0.2, 0) is 15.4 Å². The van der Waals surface area contributed by atoms with Gasteiger partial charge in [-0.25, -0.2) is 8.42 Å². The highest BCUT2D eigenvalue weighted by Crippen LogP contribution is 2.47. The van der Waals surface area contributed by atoms with E-state index in [1.165, 1.54) is 11.6 Å². The Morgan fingerprint density at radius 2 is 1.72 bits per heavy atom. The molecular formula is C23H28N2O3S. The number of carbonyl (C=O) groups is 1. The van der Waals surface area contributed by atoms with Crippen molar-refractivity contribution in [2.45, 2.75) is 49.3 Å². The van der Waals surface area contributed by atoms with Crippen molar-refractivity contribution in [1.82, 2.24) is 9.62 Å². The van der Waals surface area contributed by atoms with Gasteiger partial charge in [0.25, 0.3) is 5.91 Å². The first-order valence-corrected chi connectivity index (χ1v) is 11.8. The summed E-state index contributed by atoms with van der Waals surface area (Å²) in [5.74, 6) is -0.220. The molecule has 1 aliphatic carbocycles. The average molecular weight is 413 g/mol. The quantitative estimate of drug-likeness (QED) is 0.788. The first-order valence-electron chi connectivity index (χ1n) is 10.4. The molecule has 0 atom stereocenters. The molecule has 0 spiro atoms. The fourth-order valence-electron chi connectivity index (χ4n) is 4.13. The Morgan fingerprint density at radius 3 is 2.38 bits per heavy atom. The van der Waals surface area contributed by atoms with E-state index >= 15 is 0 Å². The summed E-state index contributed by atoms with van der Waals surface area (Å²) in [6, 6.07) is 15.2. The molecule has 4 rings (SSSR count). The van der Waals surface area contributed by atoms with Gasteiger partial charge in [0.2, 0.25) is 10.0 Å². The highest BCUT2D eigenvalue weighted by molar-refractivity contribution is 7.89. The van der Waals surface area contributed by atoms with Gasteiger partial charge in [-0.1, -0.05) is 42.8 Å². The summed E-state index contributed by atoms with van der Waals surface area (Å²) < 4.78 is 27.7. The maximum atomic E-state index is 13.1. The lowest BCUT2D eigenvalue weighted by Crippen LogP contribution is -2.36. The van der Waals surface area contributed by atoms with E-state index in [0.29, 0.717) is 30.8 Å². The van der Waals surface area contributed by atoms with Gasteiger partial charge in [0.05, 0.1) is 4.90 Å². The van der Waals surface area contributed by atoms with E-state index in [4.69, 9.17) is 0 Å². The van der Waals surface area contributed by atoms with Crippen LogP contribution >= 0.6 is 0 Å². The number of aryl methyl sites for hydroxylation is 1. The van der Waals surface area contributed by atoms with Crippen LogP contribution in [-0.4, -0.2) is 38.3 Å². The summed E-state index contributed by atoms with van der Waals surface area (Å²) in [5.41, 5.74) is 2.34. The van der Waals surface area contributed by atoms with E-state index in [-0.39, 0.29) is 16.2 Å². The highest BCUT2D eigenvalue weighted by atomic mass is 32.2. The highest BCUT2D eigenvalue weighted by Gasteiger charge is 2.44. The van der Waals surface area contributed by atoms with Gasteiger partial charge in [0, 0.05) is 30.6 Å². The summed E-state index contributed by atoms with van der Waals surface area (Å²) in [5, 5.41) is 3.03. The normalized spacial score (nSPS) is 18.9. The minimum absolute atomic E-state index is 0.0182. The molecule has 2 aliphatic rings. The number of nitrogens with one attached hydrogen (secondary N) is 1. The lowest BCUT2D eigenvalue weighted by atomic mass is 9.96. The van der Waals surface area contributed by atoms with Crippen molar-refractivity contribution in [1.29, 1.82) is 0 Å². The third-order valence-corrected chi connectivity index (χ3v) is 8.25. The van der Waals surface area contributed by atoms with Crippen molar-refractivity contribution in [2.75, 3.05) is 19.6 Å². The van der Waals surface area contributed by atoms with Gasteiger partial charge in [-0.2, -0.15) is 4.31 Å². The monoisotopic (exact) mass is 412 g/mol. The van der Waals surface area contributed by atoms with Gasteiger partial charge < -0.3 is 5.32 Å². The number of rotatable bonds is 6. The second-order valence-corrected chi connectivity index (χ2v) is 10.2. The molecule has 2 aromatic carbocycles. The second kappa shape index (κ2) is 7.92. The standard InChI is InChI=1S/C23H28N2O3S/c1-18-10-11-19(16-21(18)29(27,28)25-14-6-3-7-15-25)22(26)24-17-23(12-13-23)20-8-4-2-5-9-20/h2,4-5,8-11,16H,3,6-7,12-15,17H2,1H3,(H,24,26). The van der Waals surface area contributed by atoms with Crippen LogP contribution in [0.2, 0.25) is 0 Å². The minimum Gasteiger partial charge on any atom is -0.351 e. The number of amides is 1. The van der Waals surface area contributed by atoms with Crippen LogP contribution in [0.3, 0.4) is 0 Å². The topological polar surface area (TPSA) is 66.5 Å². The zero-order valence-corrected chi connectivity index (χ0v) is 17.7. The molecule has 0 unspecified atom stereocenters. The number of carbonyl (C=O) groups excluding carboxylic acids is 1. The molecule has 154 valence electrons. The SMILES string of the molecule is Cc1ccc(C(=O)NCC2(c3ccccc3)CC2)cc1S(=O)(=O)N1CCCCC1. The number of nitrogens with zero attached hydrogens (tertiary/aromatic N) is 1. The first-order chi connectivity index (χ1) is 13.9. The first kappa shape index (κ1) is 20.1. The molecule has 0 radical (unpaired) electrons. The van der Waals surface area contributed by atoms with Gasteiger partial charge in [-0.3, -0.25) is 4.79 Å². The van der Waals surface area contributed by atoms with Crippen molar-refractivity contribution in [3.05, 3.63) is 65.2 Å². The molecule has 2 aromatic rings. The van der Waals surface area contributed by atoms with Gasteiger partial charge in [0.1, 0.15) is 0 Å². The third kappa shape index (κ3) is 4.09. The number of hydrogen-bond donors (Lipinski definition) is 1. The Hall–Kier alpha value is -2.18. The van der Waals surface area contributed by atoms with Crippen LogP contribution in [0.25, 0.3) is 0 Å². The van der Waals surface area contributed by atoms with E-state index < -0.39 is 10.0 Å². The van der Waals surface area contributed by atoms with E-state index in [0.717, 1.165) is 32.1 Å². The lowest BCUT2D eigenvalue weighted by molar-refractivity contribution is 0.0949. The molecule has 1 heterocycles. The minimum atomic E-state index is -3.57. The zero-order chi connectivity index (χ0) is 20.5. The van der Waals surface area contributed by atoms with Crippen LogP contribution in [0.1, 0.15) is 53.6 Å². The summed E-state index contributed by atoms with van der Waals surface area (Å²) in [7, 11) is -3.57. The predicted octanol–water partition coefficient (Wildman–Crippen LogP) is 3.63. The predicted molar refractivity (Wildman–Crippen MR) is 113 cm³/mol. The molecule has 1 N–H and O–H groups in total. The van der Waals surface area contributed by atoms with Gasteiger partial charge in [0.15, 0.2) is 0 Å². The molecule has 1 amide bonds. The van der Waals surface area contributed by atoms with Crippen LogP contribution in [0.5, 0.6) is 0 Å². The largest absolute Gasteiger partial charge is 0.351 e. The summed E-state index contributed by atoms with van der Waals surface area (Å²) >= 11 is 0. The maximum Gasteiger partial charge on any atom is 0.251 e. The summed E-state index contributed by atoms with van der Waals surface area (Å²) in [6.07, 6.45) is 4.95. The van der Waals surface area contributed by atoms with Crippen molar-refractivity contribution < 1.29 is 13.2 Å². The molecule has 0 bridgehead atoms. The van der Waals surface area contributed by atoms with Gasteiger partial charge in [-0.05, 0) is 55.9 Å². The molecule has 5 nitrogen and oxygen atoms in total. The van der Waals surface area contributed by atoms with Crippen molar-refractivity contribution in [3.63, 3.8) is 0 Å². The molecular weight excluding hydrogens is 384 g/mol. The van der Waals surface area contributed by atoms with Gasteiger partial charge in [-0.15, -0.1) is 0 Å². The fraction of sp³-hybridized carbons (Fsp3) is 0.435. The smallest absolute Gasteiger partial charge is 0.251 e. The third-order valence-electron chi connectivity index (χ3n) is 6.21.